The summed E-state index contributed by atoms with van der Waals surface area (Å²) in [5.41, 5.74) is 11.4. The van der Waals surface area contributed by atoms with Crippen LogP contribution in [-0.2, 0) is 0 Å². The molecular weight excluding hydrogens is 680 g/mol. The smallest absolute Gasteiger partial charge is 0.00259 e. The van der Waals surface area contributed by atoms with Gasteiger partial charge in [0.2, 0.25) is 0 Å². The minimum atomic E-state index is -0.277. The first-order chi connectivity index (χ1) is 26.9. The molecule has 1 heteroatoms. The number of hydrogen-bond acceptors (Lipinski definition) is 0. The van der Waals surface area contributed by atoms with E-state index in [1.807, 2.05) is 13.8 Å². The molecule has 0 bridgehead atoms. The fraction of sp³-hybridized carbons (Fsp3) is 0.111. The normalized spacial score (nSPS) is 10.9. The second-order valence-corrected chi connectivity index (χ2v) is 16.2. The van der Waals surface area contributed by atoms with Crippen molar-refractivity contribution in [2.24, 2.45) is 0 Å². The second-order valence-electron chi connectivity index (χ2n) is 13.9. The topological polar surface area (TPSA) is 0 Å². The molecule has 55 heavy (non-hydrogen) atoms. The van der Waals surface area contributed by atoms with Crippen molar-refractivity contribution < 1.29 is 0 Å². The van der Waals surface area contributed by atoms with Crippen LogP contribution in [0.5, 0.6) is 0 Å². The van der Waals surface area contributed by atoms with Crippen LogP contribution in [0.2, 0.25) is 0 Å². The number of hydrogen-bond donors (Lipinski definition) is 0. The standard InChI is InChI=1S/C49H37P.C3H4.C2H6/c1-32-24-26-44-46(28-32)48(37-18-8-16-35(29-37)42-22-10-14-33-12-4-6-20-40(33)42)45-27-25-39(50(2)3)31-47(45)49(44)38-19-9-17-36(30-38)43-23-11-15-34-13-5-7-21-41(34)43;1-3-2;1-2/h4-31H,1-3H3;1H,2H3;1-2H3. The number of rotatable bonds is 5. The molecule has 0 nitrogen and oxygen atoms in total. The van der Waals surface area contributed by atoms with Gasteiger partial charge in [0.1, 0.15) is 0 Å². The SMILES string of the molecule is C#CC.CC.Cc1ccc2c(-c3cccc(-c4cccc5ccccc45)c3)c3cc(P(C)C)ccc3c(-c3cccc(-c4cccc5ccccc45)c3)c2c1. The fourth-order valence-electron chi connectivity index (χ4n) is 7.87. The van der Waals surface area contributed by atoms with Crippen molar-refractivity contribution in [2.75, 3.05) is 13.3 Å². The molecule has 9 aromatic carbocycles. The summed E-state index contributed by atoms with van der Waals surface area (Å²) in [5.74, 6) is 2.25. The van der Waals surface area contributed by atoms with Crippen LogP contribution in [0, 0.1) is 19.3 Å². The first kappa shape index (κ1) is 37.3. The van der Waals surface area contributed by atoms with E-state index in [0.29, 0.717) is 0 Å². The lowest BCUT2D eigenvalue weighted by molar-refractivity contribution is 1.50. The van der Waals surface area contributed by atoms with Gasteiger partial charge < -0.3 is 0 Å². The Bertz CT molecular complexity index is 2840. The molecule has 0 saturated carbocycles. The Kier molecular flexibility index (Phi) is 11.2. The summed E-state index contributed by atoms with van der Waals surface area (Å²) in [7, 11) is -0.277. The van der Waals surface area contributed by atoms with Crippen molar-refractivity contribution in [3.05, 3.63) is 175 Å². The third-order valence-corrected chi connectivity index (χ3v) is 11.6. The number of fused-ring (bicyclic) bond motifs is 4. The molecule has 0 amide bonds. The van der Waals surface area contributed by atoms with Gasteiger partial charge in [-0.25, -0.2) is 0 Å². The van der Waals surface area contributed by atoms with E-state index in [2.05, 4.69) is 202 Å². The largest absolute Gasteiger partial charge is 0.120 e. The summed E-state index contributed by atoms with van der Waals surface area (Å²) in [6.45, 7) is 12.6. The van der Waals surface area contributed by atoms with Crippen LogP contribution < -0.4 is 5.30 Å². The second kappa shape index (κ2) is 16.6. The molecule has 0 N–H and O–H groups in total. The van der Waals surface area contributed by atoms with Crippen molar-refractivity contribution in [3.8, 4) is 56.9 Å². The molecule has 0 aliphatic heterocycles. The third-order valence-electron chi connectivity index (χ3n) is 10.3. The van der Waals surface area contributed by atoms with Gasteiger partial charge in [-0.3, -0.25) is 0 Å². The van der Waals surface area contributed by atoms with E-state index in [1.54, 1.807) is 6.92 Å². The molecule has 0 aliphatic carbocycles. The van der Waals surface area contributed by atoms with Gasteiger partial charge in [-0.15, -0.1) is 12.3 Å². The van der Waals surface area contributed by atoms with Crippen LogP contribution in [0.1, 0.15) is 26.3 Å². The predicted molar refractivity (Wildman–Crippen MR) is 247 cm³/mol. The van der Waals surface area contributed by atoms with Crippen molar-refractivity contribution in [2.45, 2.75) is 27.7 Å². The summed E-state index contributed by atoms with van der Waals surface area (Å²) in [5, 5.41) is 11.7. The molecule has 268 valence electrons. The fourth-order valence-corrected chi connectivity index (χ4v) is 8.63. The summed E-state index contributed by atoms with van der Waals surface area (Å²) < 4.78 is 0. The van der Waals surface area contributed by atoms with Gasteiger partial charge >= 0.3 is 0 Å². The maximum absolute atomic E-state index is 4.60. The van der Waals surface area contributed by atoms with Crippen molar-refractivity contribution in [1.82, 2.24) is 0 Å². The van der Waals surface area contributed by atoms with Crippen LogP contribution in [0.3, 0.4) is 0 Å². The van der Waals surface area contributed by atoms with Crippen LogP contribution in [0.25, 0.3) is 87.6 Å². The Morgan fingerprint density at radius 3 is 1.35 bits per heavy atom. The lowest BCUT2D eigenvalue weighted by Gasteiger charge is -2.20. The number of terminal acetylenes is 1. The third kappa shape index (κ3) is 7.30. The highest BCUT2D eigenvalue weighted by Gasteiger charge is 2.19. The van der Waals surface area contributed by atoms with E-state index in [0.717, 1.165) is 0 Å². The number of aryl methyl sites for hydroxylation is 1. The Balaban J connectivity index is 0.000000889. The van der Waals surface area contributed by atoms with Gasteiger partial charge in [0.05, 0.1) is 0 Å². The van der Waals surface area contributed by atoms with E-state index in [-0.39, 0.29) is 7.92 Å². The highest BCUT2D eigenvalue weighted by atomic mass is 31.1. The maximum Gasteiger partial charge on any atom is -0.00259 e. The molecule has 0 fully saturated rings. The molecule has 0 radical (unpaired) electrons. The maximum atomic E-state index is 4.60. The van der Waals surface area contributed by atoms with Crippen LogP contribution in [0.15, 0.2) is 170 Å². The van der Waals surface area contributed by atoms with Crippen molar-refractivity contribution in [1.29, 1.82) is 0 Å². The summed E-state index contributed by atoms with van der Waals surface area (Å²) in [6.07, 6.45) is 4.60. The zero-order valence-corrected chi connectivity index (χ0v) is 33.6. The van der Waals surface area contributed by atoms with Crippen LogP contribution in [0.4, 0.5) is 0 Å². The monoisotopic (exact) mass is 726 g/mol. The van der Waals surface area contributed by atoms with Crippen molar-refractivity contribution in [3.63, 3.8) is 0 Å². The minimum Gasteiger partial charge on any atom is -0.120 e. The molecular formula is C54H47P. The first-order valence-electron chi connectivity index (χ1n) is 19.2. The lowest BCUT2D eigenvalue weighted by atomic mass is 9.84. The average Bonchev–Trinajstić information content (AvgIpc) is 3.23. The van der Waals surface area contributed by atoms with E-state index < -0.39 is 0 Å². The van der Waals surface area contributed by atoms with E-state index >= 15 is 0 Å². The quantitative estimate of drug-likeness (QED) is 0.0941. The highest BCUT2D eigenvalue weighted by Crippen LogP contribution is 2.46. The van der Waals surface area contributed by atoms with Gasteiger partial charge in [-0.2, -0.15) is 0 Å². The Labute approximate surface area is 328 Å². The zero-order valence-electron chi connectivity index (χ0n) is 32.7. The van der Waals surface area contributed by atoms with Gasteiger partial charge in [0.15, 0.2) is 0 Å². The summed E-state index contributed by atoms with van der Waals surface area (Å²) in [4.78, 5) is 0. The van der Waals surface area contributed by atoms with Gasteiger partial charge in [0.25, 0.3) is 0 Å². The van der Waals surface area contributed by atoms with Crippen molar-refractivity contribution >= 4 is 56.3 Å². The molecule has 0 unspecified atom stereocenters. The van der Waals surface area contributed by atoms with Crippen LogP contribution >= 0.6 is 7.92 Å². The summed E-state index contributed by atoms with van der Waals surface area (Å²) >= 11 is 0. The molecule has 9 aromatic rings. The Morgan fingerprint density at radius 2 is 0.836 bits per heavy atom. The average molecular weight is 727 g/mol. The summed E-state index contributed by atoms with van der Waals surface area (Å²) in [6, 6.07) is 63.3. The van der Waals surface area contributed by atoms with Crippen LogP contribution in [-0.4, -0.2) is 13.3 Å². The van der Waals surface area contributed by atoms with Gasteiger partial charge in [-0.1, -0.05) is 179 Å². The Hall–Kier alpha value is -5.99. The van der Waals surface area contributed by atoms with Gasteiger partial charge in [-0.05, 0) is 138 Å². The lowest BCUT2D eigenvalue weighted by Crippen LogP contribution is -2.00. The number of benzene rings is 9. The van der Waals surface area contributed by atoms with E-state index in [9.17, 15) is 0 Å². The molecule has 0 atom stereocenters. The zero-order chi connectivity index (χ0) is 38.5. The van der Waals surface area contributed by atoms with Gasteiger partial charge in [0, 0.05) is 0 Å². The highest BCUT2D eigenvalue weighted by molar-refractivity contribution is 7.64. The first-order valence-corrected chi connectivity index (χ1v) is 21.4. The molecule has 9 rings (SSSR count). The Morgan fingerprint density at radius 1 is 0.418 bits per heavy atom. The molecule has 0 saturated heterocycles. The predicted octanol–water partition coefficient (Wildman–Crippen LogP) is 15.3. The molecule has 0 heterocycles. The minimum absolute atomic E-state index is 0.277. The van der Waals surface area contributed by atoms with E-state index in [1.165, 1.54) is 98.5 Å². The molecule has 0 spiro atoms. The van der Waals surface area contributed by atoms with E-state index in [4.69, 9.17) is 0 Å². The molecule has 0 aliphatic rings. The molecule has 0 aromatic heterocycles.